The van der Waals surface area contributed by atoms with Crippen LogP contribution in [0.3, 0.4) is 0 Å². The van der Waals surface area contributed by atoms with Gasteiger partial charge in [-0.05, 0) is 18.2 Å². The molecule has 0 aliphatic heterocycles. The van der Waals surface area contributed by atoms with E-state index in [-0.39, 0.29) is 16.4 Å². The predicted molar refractivity (Wildman–Crippen MR) is 91.1 cm³/mol. The molecule has 1 aromatic carbocycles. The molecule has 1 aromatic heterocycles. The Bertz CT molecular complexity index is 766. The summed E-state index contributed by atoms with van der Waals surface area (Å²) in [6.07, 6.45) is 1.65. The first-order valence-electron chi connectivity index (χ1n) is 6.72. The van der Waals surface area contributed by atoms with Crippen molar-refractivity contribution in [3.05, 3.63) is 52.8 Å². The van der Waals surface area contributed by atoms with Crippen LogP contribution < -0.4 is 10.6 Å². The topological polar surface area (TPSA) is 80.3 Å². The number of hydrogen-bond acceptors (Lipinski definition) is 6. The van der Waals surface area contributed by atoms with E-state index >= 15 is 0 Å². The van der Waals surface area contributed by atoms with E-state index in [2.05, 4.69) is 22.2 Å². The number of hydrogen-bond donors (Lipinski definition) is 2. The van der Waals surface area contributed by atoms with Crippen molar-refractivity contribution in [2.24, 2.45) is 0 Å². The zero-order valence-corrected chi connectivity index (χ0v) is 13.9. The van der Waals surface area contributed by atoms with Gasteiger partial charge in [0.15, 0.2) is 17.4 Å². The molecule has 0 fully saturated rings. The summed E-state index contributed by atoms with van der Waals surface area (Å²) in [6.45, 7) is 3.49. The zero-order valence-electron chi connectivity index (χ0n) is 12.3. The summed E-state index contributed by atoms with van der Waals surface area (Å²) in [5.41, 5.74) is -0.0126. The molecule has 6 nitrogen and oxygen atoms in total. The van der Waals surface area contributed by atoms with Crippen LogP contribution in [0.2, 0.25) is 5.02 Å². The van der Waals surface area contributed by atoms with E-state index in [4.69, 9.17) is 16.3 Å². The Balaban J connectivity index is 1.86. The second-order valence-corrected chi connectivity index (χ2v) is 5.75. The molecule has 24 heavy (non-hydrogen) atoms. The largest absolute Gasteiger partial charge is 0.451 e. The van der Waals surface area contributed by atoms with Gasteiger partial charge in [0, 0.05) is 16.9 Å². The summed E-state index contributed by atoms with van der Waals surface area (Å²) in [7, 11) is 0. The zero-order chi connectivity index (χ0) is 17.5. The van der Waals surface area contributed by atoms with Gasteiger partial charge in [0.1, 0.15) is 5.82 Å². The third kappa shape index (κ3) is 5.04. The number of ether oxygens (including phenoxy) is 1. The molecule has 2 rings (SSSR count). The third-order valence-corrected chi connectivity index (χ3v) is 3.68. The number of benzene rings is 1. The molecule has 0 unspecified atom stereocenters. The number of halogens is 2. The van der Waals surface area contributed by atoms with Gasteiger partial charge in [-0.2, -0.15) is 0 Å². The van der Waals surface area contributed by atoms with Crippen molar-refractivity contribution in [3.8, 4) is 0 Å². The van der Waals surface area contributed by atoms with Crippen molar-refractivity contribution in [2.45, 2.75) is 0 Å². The van der Waals surface area contributed by atoms with Crippen LogP contribution >= 0.6 is 22.9 Å². The summed E-state index contributed by atoms with van der Waals surface area (Å²) >= 11 is 6.95. The SMILES string of the molecule is C=CCNc1nc(C(=O)OCC(=O)Nc2cc(Cl)ccc2F)cs1. The molecule has 0 aliphatic carbocycles. The molecule has 1 amide bonds. The Morgan fingerprint density at radius 3 is 3.00 bits per heavy atom. The van der Waals surface area contributed by atoms with E-state index in [1.54, 1.807) is 6.08 Å². The van der Waals surface area contributed by atoms with Gasteiger partial charge < -0.3 is 15.4 Å². The molecule has 2 N–H and O–H groups in total. The van der Waals surface area contributed by atoms with Crippen molar-refractivity contribution in [1.29, 1.82) is 0 Å². The maximum atomic E-state index is 13.5. The highest BCUT2D eigenvalue weighted by Gasteiger charge is 2.15. The molecule has 126 valence electrons. The number of thiazole rings is 1. The van der Waals surface area contributed by atoms with Crippen LogP contribution in [0.5, 0.6) is 0 Å². The monoisotopic (exact) mass is 369 g/mol. The summed E-state index contributed by atoms with van der Waals surface area (Å²) < 4.78 is 18.3. The molecule has 0 aliphatic rings. The van der Waals surface area contributed by atoms with Gasteiger partial charge >= 0.3 is 5.97 Å². The van der Waals surface area contributed by atoms with Gasteiger partial charge in [-0.25, -0.2) is 14.2 Å². The summed E-state index contributed by atoms with van der Waals surface area (Å²) in [4.78, 5) is 27.5. The van der Waals surface area contributed by atoms with Crippen molar-refractivity contribution in [1.82, 2.24) is 4.98 Å². The molecular formula is C15H13ClFN3O3S. The number of carbonyl (C=O) groups excluding carboxylic acids is 2. The van der Waals surface area contributed by atoms with Gasteiger partial charge in [-0.3, -0.25) is 4.79 Å². The van der Waals surface area contributed by atoms with Crippen molar-refractivity contribution >= 4 is 45.6 Å². The predicted octanol–water partition coefficient (Wildman–Crippen LogP) is 3.33. The summed E-state index contributed by atoms with van der Waals surface area (Å²) in [6, 6.07) is 3.73. The first-order chi connectivity index (χ1) is 11.5. The fourth-order valence-corrected chi connectivity index (χ4v) is 2.45. The molecule has 0 spiro atoms. The van der Waals surface area contributed by atoms with E-state index in [0.717, 1.165) is 6.07 Å². The second kappa shape index (κ2) is 8.42. The van der Waals surface area contributed by atoms with E-state index in [9.17, 15) is 14.0 Å². The standard InChI is InChI=1S/C15H13ClFN3O3S/c1-2-5-18-15-20-12(8-24-15)14(22)23-7-13(21)19-11-6-9(16)3-4-10(11)17/h2-4,6,8H,1,5,7H2,(H,18,20)(H,19,21). The number of anilines is 2. The van der Waals surface area contributed by atoms with E-state index in [1.165, 1.54) is 28.8 Å². The number of rotatable bonds is 7. The number of nitrogens with one attached hydrogen (secondary N) is 2. The average Bonchev–Trinajstić information content (AvgIpc) is 3.03. The van der Waals surface area contributed by atoms with Gasteiger partial charge in [-0.1, -0.05) is 17.7 Å². The summed E-state index contributed by atoms with van der Waals surface area (Å²) in [5.74, 6) is -2.08. The van der Waals surface area contributed by atoms with E-state index in [1.807, 2.05) is 0 Å². The highest BCUT2D eigenvalue weighted by Crippen LogP contribution is 2.19. The molecule has 0 saturated heterocycles. The Morgan fingerprint density at radius 2 is 2.25 bits per heavy atom. The van der Waals surface area contributed by atoms with Crippen molar-refractivity contribution in [2.75, 3.05) is 23.8 Å². The summed E-state index contributed by atoms with van der Waals surface area (Å²) in [5, 5.41) is 7.51. The smallest absolute Gasteiger partial charge is 0.358 e. The Kier molecular flexibility index (Phi) is 6.28. The van der Waals surface area contributed by atoms with Crippen LogP contribution in [0.1, 0.15) is 10.5 Å². The number of nitrogens with zero attached hydrogens (tertiary/aromatic N) is 1. The molecule has 2 aromatic rings. The Morgan fingerprint density at radius 1 is 1.46 bits per heavy atom. The molecular weight excluding hydrogens is 357 g/mol. The molecule has 0 atom stereocenters. The van der Waals surface area contributed by atoms with E-state index in [0.29, 0.717) is 11.7 Å². The second-order valence-electron chi connectivity index (χ2n) is 4.46. The lowest BCUT2D eigenvalue weighted by atomic mass is 10.3. The van der Waals surface area contributed by atoms with Crippen LogP contribution in [-0.4, -0.2) is 30.0 Å². The van der Waals surface area contributed by atoms with Crippen LogP contribution in [0.4, 0.5) is 15.2 Å². The van der Waals surface area contributed by atoms with Crippen molar-refractivity contribution < 1.29 is 18.7 Å². The third-order valence-electron chi connectivity index (χ3n) is 2.65. The molecule has 0 saturated carbocycles. The molecule has 1 heterocycles. The van der Waals surface area contributed by atoms with Gasteiger partial charge in [0.2, 0.25) is 0 Å². The Hall–Kier alpha value is -2.45. The first-order valence-corrected chi connectivity index (χ1v) is 7.97. The van der Waals surface area contributed by atoms with Gasteiger partial charge in [-0.15, -0.1) is 17.9 Å². The lowest BCUT2D eigenvalue weighted by molar-refractivity contribution is -0.119. The van der Waals surface area contributed by atoms with Crippen molar-refractivity contribution in [3.63, 3.8) is 0 Å². The minimum atomic E-state index is -0.750. The number of carbonyl (C=O) groups is 2. The average molecular weight is 370 g/mol. The number of amides is 1. The van der Waals surface area contributed by atoms with Crippen LogP contribution in [0.15, 0.2) is 36.2 Å². The minimum absolute atomic E-state index is 0.0771. The highest BCUT2D eigenvalue weighted by molar-refractivity contribution is 7.13. The van der Waals surface area contributed by atoms with Gasteiger partial charge in [0.05, 0.1) is 5.69 Å². The maximum Gasteiger partial charge on any atom is 0.358 e. The Labute approximate surface area is 146 Å². The minimum Gasteiger partial charge on any atom is -0.451 e. The number of aromatic nitrogens is 1. The normalized spacial score (nSPS) is 10.1. The maximum absolute atomic E-state index is 13.5. The first kappa shape index (κ1) is 17.9. The lowest BCUT2D eigenvalue weighted by Crippen LogP contribution is -2.21. The fourth-order valence-electron chi connectivity index (χ4n) is 1.59. The van der Waals surface area contributed by atoms with Crippen LogP contribution in [-0.2, 0) is 9.53 Å². The van der Waals surface area contributed by atoms with E-state index < -0.39 is 24.3 Å². The molecule has 9 heteroatoms. The number of esters is 1. The molecule has 0 bridgehead atoms. The highest BCUT2D eigenvalue weighted by atomic mass is 35.5. The van der Waals surface area contributed by atoms with Crippen LogP contribution in [0, 0.1) is 5.82 Å². The van der Waals surface area contributed by atoms with Crippen LogP contribution in [0.25, 0.3) is 0 Å². The van der Waals surface area contributed by atoms with Gasteiger partial charge in [0.25, 0.3) is 5.91 Å². The lowest BCUT2D eigenvalue weighted by Gasteiger charge is -2.07. The molecule has 0 radical (unpaired) electrons. The quantitative estimate of drug-likeness (QED) is 0.578. The fraction of sp³-hybridized carbons (Fsp3) is 0.133.